The van der Waals surface area contributed by atoms with E-state index in [0.29, 0.717) is 22.7 Å². The summed E-state index contributed by atoms with van der Waals surface area (Å²) in [6, 6.07) is 12.8. The van der Waals surface area contributed by atoms with Gasteiger partial charge in [0.05, 0.1) is 12.7 Å². The number of benzene rings is 2. The molecule has 132 valence electrons. The topological polar surface area (TPSA) is 55.4 Å². The van der Waals surface area contributed by atoms with Crippen molar-refractivity contribution >= 4 is 40.9 Å². The Balaban J connectivity index is 1.81. The van der Waals surface area contributed by atoms with Crippen LogP contribution in [0.3, 0.4) is 0 Å². The first kappa shape index (κ1) is 19.3. The van der Waals surface area contributed by atoms with Gasteiger partial charge < -0.3 is 10.1 Å². The first-order chi connectivity index (χ1) is 12.0. The summed E-state index contributed by atoms with van der Waals surface area (Å²) < 4.78 is 4.70. The van der Waals surface area contributed by atoms with Crippen molar-refractivity contribution in [3.63, 3.8) is 0 Å². The van der Waals surface area contributed by atoms with Crippen molar-refractivity contribution in [1.29, 1.82) is 0 Å². The molecule has 2 aromatic carbocycles. The van der Waals surface area contributed by atoms with Gasteiger partial charge in [0.1, 0.15) is 0 Å². The molecule has 0 radical (unpaired) electrons. The highest BCUT2D eigenvalue weighted by Gasteiger charge is 2.10. The van der Waals surface area contributed by atoms with E-state index >= 15 is 0 Å². The van der Waals surface area contributed by atoms with E-state index in [-0.39, 0.29) is 5.91 Å². The average molecular weight is 378 g/mol. The lowest BCUT2D eigenvalue weighted by atomic mass is 10.1. The zero-order valence-electron chi connectivity index (χ0n) is 14.2. The van der Waals surface area contributed by atoms with Gasteiger partial charge in [-0.3, -0.25) is 4.79 Å². The molecule has 6 heteroatoms. The molecule has 0 aliphatic carbocycles. The number of thioether (sulfide) groups is 1. The number of rotatable bonds is 7. The molecule has 1 N–H and O–H groups in total. The summed E-state index contributed by atoms with van der Waals surface area (Å²) in [5, 5.41) is 3.58. The van der Waals surface area contributed by atoms with Gasteiger partial charge in [-0.05, 0) is 61.1 Å². The second-order valence-corrected chi connectivity index (χ2v) is 7.08. The molecule has 4 nitrogen and oxygen atoms in total. The normalized spacial score (nSPS) is 10.4. The fraction of sp³-hybridized carbons (Fsp3) is 0.263. The van der Waals surface area contributed by atoms with Gasteiger partial charge >= 0.3 is 5.97 Å². The van der Waals surface area contributed by atoms with E-state index in [1.165, 1.54) is 7.11 Å². The molecule has 0 unspecified atom stereocenters. The van der Waals surface area contributed by atoms with Crippen LogP contribution in [0, 0.1) is 6.92 Å². The van der Waals surface area contributed by atoms with Gasteiger partial charge in [-0.25, -0.2) is 4.79 Å². The summed E-state index contributed by atoms with van der Waals surface area (Å²) in [6.45, 7) is 1.88. The first-order valence-electron chi connectivity index (χ1n) is 7.87. The van der Waals surface area contributed by atoms with Crippen LogP contribution in [0.4, 0.5) is 5.69 Å². The second-order valence-electron chi connectivity index (χ2n) is 5.48. The van der Waals surface area contributed by atoms with Gasteiger partial charge in [-0.2, -0.15) is 0 Å². The second kappa shape index (κ2) is 9.49. The van der Waals surface area contributed by atoms with E-state index in [2.05, 4.69) is 5.32 Å². The Morgan fingerprint density at radius 2 is 1.88 bits per heavy atom. The van der Waals surface area contributed by atoms with Crippen LogP contribution < -0.4 is 5.32 Å². The van der Waals surface area contributed by atoms with E-state index in [0.717, 1.165) is 22.6 Å². The van der Waals surface area contributed by atoms with Gasteiger partial charge in [0.15, 0.2) is 0 Å². The van der Waals surface area contributed by atoms with Crippen LogP contribution in [0.1, 0.15) is 28.8 Å². The largest absolute Gasteiger partial charge is 0.465 e. The van der Waals surface area contributed by atoms with Crippen molar-refractivity contribution in [3.05, 3.63) is 58.6 Å². The Morgan fingerprint density at radius 3 is 2.56 bits per heavy atom. The molecule has 0 heterocycles. The SMILES string of the molecule is COC(=O)c1ccc(C)c(NC(=O)CCCSc2ccc(Cl)cc2)c1. The molecule has 0 spiro atoms. The zero-order chi connectivity index (χ0) is 18.2. The number of nitrogens with one attached hydrogen (secondary N) is 1. The lowest BCUT2D eigenvalue weighted by Gasteiger charge is -2.10. The number of methoxy groups -OCH3 is 1. The van der Waals surface area contributed by atoms with E-state index in [1.807, 2.05) is 31.2 Å². The Hall–Kier alpha value is -1.98. The summed E-state index contributed by atoms with van der Waals surface area (Å²) in [4.78, 5) is 24.8. The molecular weight excluding hydrogens is 358 g/mol. The lowest BCUT2D eigenvalue weighted by Crippen LogP contribution is -2.13. The van der Waals surface area contributed by atoms with Crippen molar-refractivity contribution in [1.82, 2.24) is 0 Å². The molecule has 2 aromatic rings. The number of anilines is 1. The molecule has 0 aromatic heterocycles. The number of carbonyl (C=O) groups excluding carboxylic acids is 2. The highest BCUT2D eigenvalue weighted by molar-refractivity contribution is 7.99. The molecule has 0 atom stereocenters. The number of carbonyl (C=O) groups is 2. The minimum atomic E-state index is -0.421. The van der Waals surface area contributed by atoms with Gasteiger partial charge in [0.2, 0.25) is 5.91 Å². The van der Waals surface area contributed by atoms with Crippen LogP contribution in [0.15, 0.2) is 47.4 Å². The summed E-state index contributed by atoms with van der Waals surface area (Å²) in [7, 11) is 1.33. The molecule has 0 fully saturated rings. The molecule has 25 heavy (non-hydrogen) atoms. The Labute approximate surface area is 156 Å². The summed E-state index contributed by atoms with van der Waals surface area (Å²) >= 11 is 7.54. The highest BCUT2D eigenvalue weighted by atomic mass is 35.5. The summed E-state index contributed by atoms with van der Waals surface area (Å²) in [5.41, 5.74) is 1.96. The predicted octanol–water partition coefficient (Wildman–Crippen LogP) is 4.95. The Kier molecular flexibility index (Phi) is 7.34. The van der Waals surface area contributed by atoms with Crippen LogP contribution in [-0.2, 0) is 9.53 Å². The third kappa shape index (κ3) is 6.11. The molecule has 2 rings (SSSR count). The summed E-state index contributed by atoms with van der Waals surface area (Å²) in [6.07, 6.45) is 1.18. The molecule has 0 aliphatic heterocycles. The van der Waals surface area contributed by atoms with Crippen LogP contribution in [0.5, 0.6) is 0 Å². The van der Waals surface area contributed by atoms with E-state index < -0.39 is 5.97 Å². The number of hydrogen-bond acceptors (Lipinski definition) is 4. The highest BCUT2D eigenvalue weighted by Crippen LogP contribution is 2.22. The number of hydrogen-bond donors (Lipinski definition) is 1. The van der Waals surface area contributed by atoms with Gasteiger partial charge in [-0.1, -0.05) is 17.7 Å². The van der Waals surface area contributed by atoms with Crippen molar-refractivity contribution in [2.75, 3.05) is 18.2 Å². The minimum Gasteiger partial charge on any atom is -0.465 e. The van der Waals surface area contributed by atoms with E-state index in [4.69, 9.17) is 16.3 Å². The molecule has 0 aliphatic rings. The van der Waals surface area contributed by atoms with Crippen LogP contribution in [0.25, 0.3) is 0 Å². The third-order valence-electron chi connectivity index (χ3n) is 3.56. The van der Waals surface area contributed by atoms with Gasteiger partial charge in [-0.15, -0.1) is 11.8 Å². The Morgan fingerprint density at radius 1 is 1.16 bits per heavy atom. The maximum absolute atomic E-state index is 12.1. The third-order valence-corrected chi connectivity index (χ3v) is 4.91. The monoisotopic (exact) mass is 377 g/mol. The fourth-order valence-corrected chi connectivity index (χ4v) is 3.15. The quantitative estimate of drug-likeness (QED) is 0.421. The van der Waals surface area contributed by atoms with Crippen LogP contribution in [-0.4, -0.2) is 24.7 Å². The smallest absolute Gasteiger partial charge is 0.337 e. The van der Waals surface area contributed by atoms with E-state index in [1.54, 1.807) is 30.0 Å². The first-order valence-corrected chi connectivity index (χ1v) is 9.23. The molecule has 1 amide bonds. The van der Waals surface area contributed by atoms with Gasteiger partial charge in [0, 0.05) is 22.0 Å². The average Bonchev–Trinajstić information content (AvgIpc) is 2.61. The number of amides is 1. The number of aryl methyl sites for hydroxylation is 1. The molecule has 0 bridgehead atoms. The lowest BCUT2D eigenvalue weighted by molar-refractivity contribution is -0.116. The van der Waals surface area contributed by atoms with Crippen LogP contribution >= 0.6 is 23.4 Å². The van der Waals surface area contributed by atoms with Gasteiger partial charge in [0.25, 0.3) is 0 Å². The van der Waals surface area contributed by atoms with Crippen molar-refractivity contribution in [3.8, 4) is 0 Å². The van der Waals surface area contributed by atoms with E-state index in [9.17, 15) is 9.59 Å². The number of esters is 1. The fourth-order valence-electron chi connectivity index (χ4n) is 2.17. The zero-order valence-corrected chi connectivity index (χ0v) is 15.7. The van der Waals surface area contributed by atoms with Crippen LogP contribution in [0.2, 0.25) is 5.02 Å². The van der Waals surface area contributed by atoms with Crippen molar-refractivity contribution in [2.45, 2.75) is 24.7 Å². The minimum absolute atomic E-state index is 0.0678. The number of ether oxygens (including phenoxy) is 1. The molecular formula is C19H20ClNO3S. The molecule has 0 saturated carbocycles. The number of halogens is 1. The Bertz CT molecular complexity index is 747. The maximum atomic E-state index is 12.1. The summed E-state index contributed by atoms with van der Waals surface area (Å²) in [5.74, 6) is 0.354. The van der Waals surface area contributed by atoms with Crippen molar-refractivity contribution in [2.24, 2.45) is 0 Å². The standard InChI is InChI=1S/C19H20ClNO3S/c1-13-5-6-14(19(23)24-2)12-17(13)21-18(22)4-3-11-25-16-9-7-15(20)8-10-16/h5-10,12H,3-4,11H2,1-2H3,(H,21,22). The van der Waals surface area contributed by atoms with Crippen molar-refractivity contribution < 1.29 is 14.3 Å². The molecule has 0 saturated heterocycles. The predicted molar refractivity (Wildman–Crippen MR) is 103 cm³/mol. The maximum Gasteiger partial charge on any atom is 0.337 e.